The lowest BCUT2D eigenvalue weighted by molar-refractivity contribution is -0.143. The Balaban J connectivity index is 2.09. The van der Waals surface area contributed by atoms with Gasteiger partial charge in [-0.25, -0.2) is 4.98 Å². The van der Waals surface area contributed by atoms with Gasteiger partial charge in [-0.3, -0.25) is 9.59 Å². The maximum absolute atomic E-state index is 12.4. The zero-order valence-corrected chi connectivity index (χ0v) is 12.1. The number of carbonyl (C=O) groups is 2. The van der Waals surface area contributed by atoms with Crippen molar-refractivity contribution in [3.05, 3.63) is 28.5 Å². The number of carbonyl (C=O) groups excluding carboxylic acids is 1. The van der Waals surface area contributed by atoms with Crippen LogP contribution in [0.25, 0.3) is 0 Å². The molecule has 6 heteroatoms. The normalized spacial score (nSPS) is 16.2. The summed E-state index contributed by atoms with van der Waals surface area (Å²) in [5.41, 5.74) is 1.30. The highest BCUT2D eigenvalue weighted by atomic mass is 35.5. The van der Waals surface area contributed by atoms with Crippen molar-refractivity contribution in [3.8, 4) is 0 Å². The standard InChI is InChI=1S/C14H17ClN2O3/c1-2-11-7-10(8-12(15)16-11)13(18)17-5-3-9(4-6-17)14(19)20/h7-9H,2-6H2,1H3,(H,19,20). The van der Waals surface area contributed by atoms with Crippen molar-refractivity contribution in [1.82, 2.24) is 9.88 Å². The third kappa shape index (κ3) is 3.28. The minimum Gasteiger partial charge on any atom is -0.481 e. The SMILES string of the molecule is CCc1cc(C(=O)N2CCC(C(=O)O)CC2)cc(Cl)n1. The van der Waals surface area contributed by atoms with Crippen molar-refractivity contribution in [2.45, 2.75) is 26.2 Å². The Labute approximate surface area is 122 Å². The summed E-state index contributed by atoms with van der Waals surface area (Å²) in [4.78, 5) is 29.1. The molecule has 2 heterocycles. The van der Waals surface area contributed by atoms with Gasteiger partial charge in [0.15, 0.2) is 0 Å². The Morgan fingerprint density at radius 1 is 1.40 bits per heavy atom. The van der Waals surface area contributed by atoms with Gasteiger partial charge in [0.25, 0.3) is 5.91 Å². The van der Waals surface area contributed by atoms with Crippen LogP contribution in [0.5, 0.6) is 0 Å². The van der Waals surface area contributed by atoms with Crippen LogP contribution in [-0.2, 0) is 11.2 Å². The molecule has 0 bridgehead atoms. The molecule has 20 heavy (non-hydrogen) atoms. The van der Waals surface area contributed by atoms with Crippen molar-refractivity contribution in [2.24, 2.45) is 5.92 Å². The average molecular weight is 297 g/mol. The van der Waals surface area contributed by atoms with E-state index in [1.807, 2.05) is 6.92 Å². The molecule has 1 amide bonds. The first-order valence-corrected chi connectivity index (χ1v) is 7.07. The number of likely N-dealkylation sites (tertiary alicyclic amines) is 1. The fourth-order valence-electron chi connectivity index (χ4n) is 2.37. The van der Waals surface area contributed by atoms with Crippen LogP contribution in [0.4, 0.5) is 0 Å². The van der Waals surface area contributed by atoms with Gasteiger partial charge in [0, 0.05) is 24.3 Å². The number of aromatic nitrogens is 1. The maximum atomic E-state index is 12.4. The number of amides is 1. The molecule has 1 aromatic heterocycles. The van der Waals surface area contributed by atoms with Crippen LogP contribution < -0.4 is 0 Å². The van der Waals surface area contributed by atoms with E-state index in [9.17, 15) is 9.59 Å². The highest BCUT2D eigenvalue weighted by molar-refractivity contribution is 6.29. The summed E-state index contributed by atoms with van der Waals surface area (Å²) in [6, 6.07) is 3.31. The molecular formula is C14H17ClN2O3. The van der Waals surface area contributed by atoms with Gasteiger partial charge < -0.3 is 10.0 Å². The molecule has 0 spiro atoms. The fourth-order valence-corrected chi connectivity index (χ4v) is 2.59. The number of hydrogen-bond donors (Lipinski definition) is 1. The first-order valence-electron chi connectivity index (χ1n) is 6.69. The number of carboxylic acids is 1. The second-order valence-electron chi connectivity index (χ2n) is 4.93. The highest BCUT2D eigenvalue weighted by Gasteiger charge is 2.27. The summed E-state index contributed by atoms with van der Waals surface area (Å²) in [5, 5.41) is 9.27. The second kappa shape index (κ2) is 6.22. The van der Waals surface area contributed by atoms with Crippen LogP contribution in [0.2, 0.25) is 5.15 Å². The molecular weight excluding hydrogens is 280 g/mol. The summed E-state index contributed by atoms with van der Waals surface area (Å²) in [6.07, 6.45) is 1.71. The summed E-state index contributed by atoms with van der Waals surface area (Å²) in [7, 11) is 0. The number of rotatable bonds is 3. The third-order valence-electron chi connectivity index (χ3n) is 3.59. The number of piperidine rings is 1. The van der Waals surface area contributed by atoms with Crippen LogP contribution in [0, 0.1) is 5.92 Å². The fraction of sp³-hybridized carbons (Fsp3) is 0.500. The van der Waals surface area contributed by atoms with E-state index in [1.54, 1.807) is 17.0 Å². The number of aliphatic carboxylic acids is 1. The lowest BCUT2D eigenvalue weighted by atomic mass is 9.96. The van der Waals surface area contributed by atoms with E-state index in [1.165, 1.54) is 0 Å². The van der Waals surface area contributed by atoms with E-state index in [0.717, 1.165) is 5.69 Å². The second-order valence-corrected chi connectivity index (χ2v) is 5.32. The summed E-state index contributed by atoms with van der Waals surface area (Å²) >= 11 is 5.92. The van der Waals surface area contributed by atoms with E-state index in [2.05, 4.69) is 4.98 Å². The van der Waals surface area contributed by atoms with Gasteiger partial charge in [-0.1, -0.05) is 18.5 Å². The van der Waals surface area contributed by atoms with Gasteiger partial charge in [-0.15, -0.1) is 0 Å². The van der Waals surface area contributed by atoms with Gasteiger partial charge in [0.1, 0.15) is 5.15 Å². The van der Waals surface area contributed by atoms with Crippen LogP contribution in [0.1, 0.15) is 35.8 Å². The van der Waals surface area contributed by atoms with Crippen LogP contribution in [0.15, 0.2) is 12.1 Å². The smallest absolute Gasteiger partial charge is 0.306 e. The summed E-state index contributed by atoms with van der Waals surface area (Å²) in [5.74, 6) is -1.23. The largest absolute Gasteiger partial charge is 0.481 e. The Morgan fingerprint density at radius 3 is 2.60 bits per heavy atom. The molecule has 2 rings (SSSR count). The summed E-state index contributed by atoms with van der Waals surface area (Å²) < 4.78 is 0. The number of pyridine rings is 1. The van der Waals surface area contributed by atoms with E-state index < -0.39 is 5.97 Å². The molecule has 1 fully saturated rings. The van der Waals surface area contributed by atoms with Crippen LogP contribution in [-0.4, -0.2) is 40.0 Å². The third-order valence-corrected chi connectivity index (χ3v) is 3.78. The predicted molar refractivity (Wildman–Crippen MR) is 74.9 cm³/mol. The molecule has 0 atom stereocenters. The molecule has 5 nitrogen and oxygen atoms in total. The minimum absolute atomic E-state index is 0.104. The van der Waals surface area contributed by atoms with Crippen molar-refractivity contribution in [3.63, 3.8) is 0 Å². The minimum atomic E-state index is -0.780. The molecule has 1 aromatic rings. The Morgan fingerprint density at radius 2 is 2.05 bits per heavy atom. The van der Waals surface area contributed by atoms with E-state index in [0.29, 0.717) is 43.1 Å². The predicted octanol–water partition coefficient (Wildman–Crippen LogP) is 2.23. The highest BCUT2D eigenvalue weighted by Crippen LogP contribution is 2.20. The maximum Gasteiger partial charge on any atom is 0.306 e. The molecule has 0 saturated carbocycles. The molecule has 1 N–H and O–H groups in total. The Kier molecular flexibility index (Phi) is 4.60. The van der Waals surface area contributed by atoms with E-state index >= 15 is 0 Å². The Bertz CT molecular complexity index is 525. The molecule has 0 aliphatic carbocycles. The van der Waals surface area contributed by atoms with Gasteiger partial charge in [0.05, 0.1) is 5.92 Å². The van der Waals surface area contributed by atoms with Crippen LogP contribution >= 0.6 is 11.6 Å². The number of halogens is 1. The topological polar surface area (TPSA) is 70.5 Å². The van der Waals surface area contributed by atoms with Crippen molar-refractivity contribution >= 4 is 23.5 Å². The van der Waals surface area contributed by atoms with Gasteiger partial charge in [0.2, 0.25) is 0 Å². The molecule has 1 aliphatic rings. The number of nitrogens with zero attached hydrogens (tertiary/aromatic N) is 2. The molecule has 1 saturated heterocycles. The first-order chi connectivity index (χ1) is 9.51. The average Bonchev–Trinajstić information content (AvgIpc) is 2.45. The molecule has 0 aromatic carbocycles. The van der Waals surface area contributed by atoms with E-state index in [-0.39, 0.29) is 11.8 Å². The number of aryl methyl sites for hydroxylation is 1. The molecule has 0 radical (unpaired) electrons. The zero-order valence-electron chi connectivity index (χ0n) is 11.3. The van der Waals surface area contributed by atoms with Gasteiger partial charge >= 0.3 is 5.97 Å². The van der Waals surface area contributed by atoms with Crippen LogP contribution in [0.3, 0.4) is 0 Å². The van der Waals surface area contributed by atoms with Gasteiger partial charge in [-0.05, 0) is 31.4 Å². The first kappa shape index (κ1) is 14.8. The Hall–Kier alpha value is -1.62. The van der Waals surface area contributed by atoms with Gasteiger partial charge in [-0.2, -0.15) is 0 Å². The number of hydrogen-bond acceptors (Lipinski definition) is 3. The van der Waals surface area contributed by atoms with Crippen molar-refractivity contribution in [1.29, 1.82) is 0 Å². The van der Waals surface area contributed by atoms with Crippen molar-refractivity contribution < 1.29 is 14.7 Å². The quantitative estimate of drug-likeness (QED) is 0.868. The molecule has 108 valence electrons. The van der Waals surface area contributed by atoms with Crippen molar-refractivity contribution in [2.75, 3.05) is 13.1 Å². The summed E-state index contributed by atoms with van der Waals surface area (Å²) in [6.45, 7) is 2.89. The lowest BCUT2D eigenvalue weighted by Gasteiger charge is -2.30. The molecule has 1 aliphatic heterocycles. The van der Waals surface area contributed by atoms with E-state index in [4.69, 9.17) is 16.7 Å². The zero-order chi connectivity index (χ0) is 14.7. The molecule has 0 unspecified atom stereocenters. The lowest BCUT2D eigenvalue weighted by Crippen LogP contribution is -2.40. The number of carboxylic acid groups (broad SMARTS) is 1. The monoisotopic (exact) mass is 296 g/mol.